The average molecular weight is 687 g/mol. The number of rotatable bonds is 5. The van der Waals surface area contributed by atoms with Crippen LogP contribution in [0.2, 0.25) is 0 Å². The number of amides is 1. The number of nitrogens with zero attached hydrogens (tertiary/aromatic N) is 2. The summed E-state index contributed by atoms with van der Waals surface area (Å²) in [4.78, 5) is 16.7. The van der Waals surface area contributed by atoms with E-state index in [0.29, 0.717) is 50.4 Å². The summed E-state index contributed by atoms with van der Waals surface area (Å²) in [5.41, 5.74) is -3.17. The van der Waals surface area contributed by atoms with E-state index in [0.717, 1.165) is 28.2 Å². The lowest BCUT2D eigenvalue weighted by Crippen LogP contribution is -2.53. The second-order valence-electron chi connectivity index (χ2n) is 12.2. The van der Waals surface area contributed by atoms with Crippen LogP contribution in [0.4, 0.5) is 35.1 Å². The van der Waals surface area contributed by atoms with Gasteiger partial charge in [-0.15, -0.1) is 0 Å². The van der Waals surface area contributed by atoms with E-state index in [1.165, 1.54) is 6.07 Å². The van der Waals surface area contributed by atoms with E-state index < -0.39 is 67.7 Å². The smallest absolute Gasteiger partial charge is 0.367 e. The number of benzene rings is 3. The van der Waals surface area contributed by atoms with E-state index >= 15 is 0 Å². The molecule has 0 radical (unpaired) electrons. The number of morpholine rings is 1. The minimum atomic E-state index is -5.14. The maximum Gasteiger partial charge on any atom is 0.416 e. The molecule has 2 atom stereocenters. The molecule has 0 saturated carbocycles. The number of halogens is 8. The van der Waals surface area contributed by atoms with Crippen molar-refractivity contribution < 1.29 is 48.9 Å². The number of ether oxygens (including phenoxy) is 1. The topological polar surface area (TPSA) is 49.9 Å². The number of alkyl halides is 6. The lowest BCUT2D eigenvalue weighted by molar-refractivity contribution is -0.143. The van der Waals surface area contributed by atoms with Crippen molar-refractivity contribution in [2.75, 3.05) is 39.3 Å². The van der Waals surface area contributed by atoms with Crippen LogP contribution in [0, 0.1) is 11.6 Å². The van der Waals surface area contributed by atoms with E-state index in [-0.39, 0.29) is 37.7 Å². The molecule has 0 bridgehead atoms. The summed E-state index contributed by atoms with van der Waals surface area (Å²) in [5.74, 6) is -2.89. The predicted molar refractivity (Wildman–Crippen MR) is 157 cm³/mol. The third kappa shape index (κ3) is 6.43. The lowest BCUT2D eigenvalue weighted by atomic mass is 9.85. The second-order valence-corrected chi connectivity index (χ2v) is 14.0. The number of carbonyl (C=O) groups excluding carboxylic acids is 1. The van der Waals surface area contributed by atoms with Gasteiger partial charge in [0.05, 0.1) is 29.0 Å². The number of carbonyl (C=O) groups is 1. The first kappa shape index (κ1) is 33.5. The van der Waals surface area contributed by atoms with Gasteiger partial charge in [-0.1, -0.05) is 30.3 Å². The van der Waals surface area contributed by atoms with Crippen molar-refractivity contribution in [2.24, 2.45) is 0 Å². The standard InChI is InChI=1S/C33H30F8N2O3S/c34-27-6-5-23(18-28(27)35)30(7-10-42-11-8-31(9-12-42)26-4-2-1-3-21(26)19-47(31)45)20-43(13-14-46-30)29(44)22-15-24(32(36,37)38)17-25(16-22)33(39,40)41/h1-6,15-18H,7-14,19-20H2/t30-,47?/m0/s1. The van der Waals surface area contributed by atoms with Crippen molar-refractivity contribution in [3.8, 4) is 0 Å². The number of fused-ring (bicyclic) bond motifs is 2. The van der Waals surface area contributed by atoms with Gasteiger partial charge in [-0.3, -0.25) is 9.00 Å². The van der Waals surface area contributed by atoms with Crippen LogP contribution in [0.15, 0.2) is 60.7 Å². The van der Waals surface area contributed by atoms with Crippen molar-refractivity contribution >= 4 is 16.7 Å². The van der Waals surface area contributed by atoms with Gasteiger partial charge in [0.25, 0.3) is 5.91 Å². The Hall–Kier alpha value is -3.36. The normalized spacial score (nSPS) is 23.2. The molecule has 0 N–H and O–H groups in total. The number of likely N-dealkylation sites (tertiary alicyclic amines) is 1. The maximum atomic E-state index is 14.5. The Morgan fingerprint density at radius 3 is 2.15 bits per heavy atom. The van der Waals surface area contributed by atoms with Crippen LogP contribution in [0.1, 0.15) is 57.4 Å². The molecule has 1 unspecified atom stereocenters. The quantitative estimate of drug-likeness (QED) is 0.271. The first-order chi connectivity index (χ1) is 22.1. The molecule has 3 aliphatic rings. The largest absolute Gasteiger partial charge is 0.416 e. The van der Waals surface area contributed by atoms with Gasteiger partial charge < -0.3 is 14.5 Å². The molecule has 1 amide bonds. The van der Waals surface area contributed by atoms with E-state index in [4.69, 9.17) is 4.74 Å². The van der Waals surface area contributed by atoms with Gasteiger partial charge >= 0.3 is 12.4 Å². The Kier molecular flexibility index (Phi) is 8.75. The third-order valence-corrected chi connectivity index (χ3v) is 11.6. The predicted octanol–water partition coefficient (Wildman–Crippen LogP) is 7.01. The monoisotopic (exact) mass is 686 g/mol. The Labute approximate surface area is 267 Å². The summed E-state index contributed by atoms with van der Waals surface area (Å²) in [6.45, 7) is 0.854. The summed E-state index contributed by atoms with van der Waals surface area (Å²) in [6, 6.07) is 11.7. The van der Waals surface area contributed by atoms with Crippen LogP contribution < -0.4 is 0 Å². The third-order valence-electron chi connectivity index (χ3n) is 9.48. The van der Waals surface area contributed by atoms with E-state index in [2.05, 4.69) is 4.90 Å². The van der Waals surface area contributed by atoms with Gasteiger partial charge in [0.2, 0.25) is 0 Å². The van der Waals surface area contributed by atoms with Crippen molar-refractivity contribution in [1.29, 1.82) is 0 Å². The molecule has 14 heteroatoms. The van der Waals surface area contributed by atoms with Crippen LogP contribution in [-0.2, 0) is 44.0 Å². The average Bonchev–Trinajstić information content (AvgIpc) is 3.31. The molecule has 252 valence electrons. The SMILES string of the molecule is O=C(c1cc(C(F)(F)F)cc(C(F)(F)F)c1)N1CCO[C@](CCN2CCC3(CC2)c2ccccc2CS3=O)(c2ccc(F)c(F)c2)C1. The second kappa shape index (κ2) is 12.3. The Morgan fingerprint density at radius 2 is 1.51 bits per heavy atom. The van der Waals surface area contributed by atoms with Gasteiger partial charge in [0.1, 0.15) is 5.60 Å². The molecule has 2 fully saturated rings. The Balaban J connectivity index is 1.25. The highest BCUT2D eigenvalue weighted by atomic mass is 32.2. The molecule has 0 aliphatic carbocycles. The fourth-order valence-electron chi connectivity index (χ4n) is 6.93. The summed E-state index contributed by atoms with van der Waals surface area (Å²) >= 11 is 0. The zero-order valence-corrected chi connectivity index (χ0v) is 25.7. The summed E-state index contributed by atoms with van der Waals surface area (Å²) in [7, 11) is -1.09. The number of hydrogen-bond donors (Lipinski definition) is 0. The summed E-state index contributed by atoms with van der Waals surface area (Å²) in [5, 5.41) is 0. The van der Waals surface area contributed by atoms with Crippen molar-refractivity contribution in [3.63, 3.8) is 0 Å². The minimum Gasteiger partial charge on any atom is -0.367 e. The van der Waals surface area contributed by atoms with Gasteiger partial charge in [0.15, 0.2) is 11.6 Å². The van der Waals surface area contributed by atoms with Gasteiger partial charge in [0, 0.05) is 35.2 Å². The van der Waals surface area contributed by atoms with Crippen LogP contribution in [0.25, 0.3) is 0 Å². The maximum absolute atomic E-state index is 14.5. The Morgan fingerprint density at radius 1 is 0.851 bits per heavy atom. The molecule has 1 spiro atoms. The molecule has 3 aliphatic heterocycles. The molecule has 6 rings (SSSR count). The summed E-state index contributed by atoms with van der Waals surface area (Å²) < 4.78 is 129. The van der Waals surface area contributed by atoms with Gasteiger partial charge in [-0.25, -0.2) is 8.78 Å². The Bertz CT molecular complexity index is 1670. The van der Waals surface area contributed by atoms with Gasteiger partial charge in [-0.2, -0.15) is 26.3 Å². The van der Waals surface area contributed by atoms with Crippen LogP contribution in [0.5, 0.6) is 0 Å². The van der Waals surface area contributed by atoms with Gasteiger partial charge in [-0.05, 0) is 79.4 Å². The van der Waals surface area contributed by atoms with Crippen LogP contribution >= 0.6 is 0 Å². The van der Waals surface area contributed by atoms with E-state index in [1.54, 1.807) is 0 Å². The molecular formula is C33H30F8N2O3S. The molecule has 0 aromatic heterocycles. The highest BCUT2D eigenvalue weighted by Gasteiger charge is 2.48. The first-order valence-corrected chi connectivity index (χ1v) is 16.3. The van der Waals surface area contributed by atoms with E-state index in [1.807, 2.05) is 24.3 Å². The molecule has 3 aromatic rings. The number of hydrogen-bond acceptors (Lipinski definition) is 4. The highest BCUT2D eigenvalue weighted by Crippen LogP contribution is 2.47. The fraction of sp³-hybridized carbons (Fsp3) is 0.424. The lowest BCUT2D eigenvalue weighted by Gasteiger charge is -2.45. The zero-order chi connectivity index (χ0) is 33.8. The van der Waals surface area contributed by atoms with Crippen LogP contribution in [0.3, 0.4) is 0 Å². The molecule has 5 nitrogen and oxygen atoms in total. The minimum absolute atomic E-state index is 0.0514. The van der Waals surface area contributed by atoms with Crippen molar-refractivity contribution in [2.45, 2.75) is 47.7 Å². The molecule has 47 heavy (non-hydrogen) atoms. The summed E-state index contributed by atoms with van der Waals surface area (Å²) in [6.07, 6.45) is -8.90. The fourth-order valence-corrected chi connectivity index (χ4v) is 8.83. The molecule has 3 aromatic carbocycles. The van der Waals surface area contributed by atoms with Crippen LogP contribution in [-0.4, -0.2) is 59.2 Å². The number of piperidine rings is 1. The van der Waals surface area contributed by atoms with Crippen molar-refractivity contribution in [3.05, 3.63) is 106 Å². The molecular weight excluding hydrogens is 656 g/mol. The van der Waals surface area contributed by atoms with E-state index in [9.17, 15) is 44.1 Å². The molecule has 3 heterocycles. The van der Waals surface area contributed by atoms with Crippen molar-refractivity contribution in [1.82, 2.24) is 9.80 Å². The molecule has 2 saturated heterocycles. The highest BCUT2D eigenvalue weighted by molar-refractivity contribution is 7.85. The first-order valence-electron chi connectivity index (χ1n) is 15.0. The zero-order valence-electron chi connectivity index (χ0n) is 24.9.